The van der Waals surface area contributed by atoms with Crippen molar-refractivity contribution in [3.8, 4) is 0 Å². The summed E-state index contributed by atoms with van der Waals surface area (Å²) >= 11 is 0. The Bertz CT molecular complexity index is 464. The number of fused-ring (bicyclic) bond motifs is 5. The first kappa shape index (κ1) is 13.1. The van der Waals surface area contributed by atoms with Crippen LogP contribution in [0.2, 0.25) is 0 Å². The monoisotopic (exact) mass is 272 g/mol. The van der Waals surface area contributed by atoms with E-state index in [0.29, 0.717) is 40.3 Å². The molecule has 0 bridgehead atoms. The van der Waals surface area contributed by atoms with Crippen molar-refractivity contribution in [1.82, 2.24) is 0 Å². The molecule has 1 nitrogen and oxygen atoms in total. The molecule has 4 aliphatic carbocycles. The second-order valence-corrected chi connectivity index (χ2v) is 8.61. The average molecular weight is 272 g/mol. The third kappa shape index (κ3) is 1.58. The molecular weight excluding hydrogens is 244 g/mol. The first-order chi connectivity index (χ1) is 9.55. The lowest BCUT2D eigenvalue weighted by atomic mass is 9.46. The zero-order chi connectivity index (χ0) is 14.0. The van der Waals surface area contributed by atoms with Crippen molar-refractivity contribution in [2.75, 3.05) is 0 Å². The molecule has 1 heteroatoms. The van der Waals surface area contributed by atoms with Gasteiger partial charge < -0.3 is 0 Å². The lowest BCUT2D eigenvalue weighted by Gasteiger charge is -2.58. The van der Waals surface area contributed by atoms with Crippen molar-refractivity contribution in [2.45, 2.75) is 65.2 Å². The molecule has 6 atom stereocenters. The van der Waals surface area contributed by atoms with Gasteiger partial charge in [-0.05, 0) is 67.1 Å². The molecule has 0 unspecified atom stereocenters. The minimum absolute atomic E-state index is 0.406. The number of hydrogen-bond acceptors (Lipinski definition) is 1. The van der Waals surface area contributed by atoms with Crippen molar-refractivity contribution in [3.63, 3.8) is 0 Å². The van der Waals surface area contributed by atoms with Crippen LogP contribution < -0.4 is 0 Å². The summed E-state index contributed by atoms with van der Waals surface area (Å²) in [5, 5.41) is 0. The average Bonchev–Trinajstić information content (AvgIpc) is 2.81. The minimum Gasteiger partial charge on any atom is -0.299 e. The normalized spacial score (nSPS) is 54.2. The van der Waals surface area contributed by atoms with Gasteiger partial charge in [0, 0.05) is 12.3 Å². The van der Waals surface area contributed by atoms with Crippen LogP contribution in [0.3, 0.4) is 0 Å². The zero-order valence-electron chi connectivity index (χ0n) is 13.0. The number of ketones is 1. The van der Waals surface area contributed by atoms with Crippen LogP contribution in [0.5, 0.6) is 0 Å². The number of Topliss-reactive ketones (excluding diaryl/α,β-unsaturated/α-hetero) is 1. The largest absolute Gasteiger partial charge is 0.299 e. The Morgan fingerprint density at radius 1 is 1.10 bits per heavy atom. The van der Waals surface area contributed by atoms with Crippen LogP contribution in [0.4, 0.5) is 0 Å². The van der Waals surface area contributed by atoms with Gasteiger partial charge in [0.25, 0.3) is 0 Å². The van der Waals surface area contributed by atoms with E-state index in [4.69, 9.17) is 0 Å². The maximum absolute atomic E-state index is 12.9. The molecular formula is C19H28O. The van der Waals surface area contributed by atoms with E-state index in [-0.39, 0.29) is 0 Å². The Kier molecular flexibility index (Phi) is 2.76. The first-order valence-electron chi connectivity index (χ1n) is 8.72. The Morgan fingerprint density at radius 2 is 1.95 bits per heavy atom. The van der Waals surface area contributed by atoms with E-state index in [9.17, 15) is 4.79 Å². The second-order valence-electron chi connectivity index (χ2n) is 8.61. The van der Waals surface area contributed by atoms with Crippen molar-refractivity contribution in [3.05, 3.63) is 12.2 Å². The van der Waals surface area contributed by atoms with Gasteiger partial charge >= 0.3 is 0 Å². The van der Waals surface area contributed by atoms with Crippen LogP contribution in [0.25, 0.3) is 0 Å². The van der Waals surface area contributed by atoms with E-state index in [2.05, 4.69) is 26.0 Å². The molecule has 0 radical (unpaired) electrons. The molecule has 0 aromatic heterocycles. The molecule has 4 rings (SSSR count). The van der Waals surface area contributed by atoms with E-state index in [1.807, 2.05) is 0 Å². The summed E-state index contributed by atoms with van der Waals surface area (Å²) in [5.41, 5.74) is 0.905. The van der Waals surface area contributed by atoms with Crippen molar-refractivity contribution >= 4 is 5.78 Å². The Labute approximate surface area is 123 Å². The Hall–Kier alpha value is -0.590. The van der Waals surface area contributed by atoms with Gasteiger partial charge in [0.15, 0.2) is 0 Å². The van der Waals surface area contributed by atoms with Crippen LogP contribution in [0.15, 0.2) is 12.2 Å². The molecule has 3 saturated carbocycles. The first-order valence-corrected chi connectivity index (χ1v) is 8.72. The van der Waals surface area contributed by atoms with Crippen molar-refractivity contribution in [1.29, 1.82) is 0 Å². The van der Waals surface area contributed by atoms with Gasteiger partial charge in [0.1, 0.15) is 5.78 Å². The number of hydrogen-bond donors (Lipinski definition) is 0. The molecule has 0 heterocycles. The molecule has 0 aliphatic heterocycles. The lowest BCUT2D eigenvalue weighted by molar-refractivity contribution is -0.150. The van der Waals surface area contributed by atoms with E-state index in [1.165, 1.54) is 38.5 Å². The molecule has 3 fully saturated rings. The highest BCUT2D eigenvalue weighted by Gasteiger charge is 2.59. The summed E-state index contributed by atoms with van der Waals surface area (Å²) in [6.07, 6.45) is 14.7. The third-order valence-corrected chi connectivity index (χ3v) is 7.80. The molecule has 110 valence electrons. The predicted octanol–water partition coefficient (Wildman–Crippen LogP) is 4.76. The topological polar surface area (TPSA) is 17.1 Å². The Balaban J connectivity index is 1.73. The summed E-state index contributed by atoms with van der Waals surface area (Å²) in [6.45, 7) is 4.98. The van der Waals surface area contributed by atoms with Crippen molar-refractivity contribution < 1.29 is 4.79 Å². The SMILES string of the molecule is C[C@]12CCC[C@@H]1[C@@H]1C(=O)C[C@H]3CC=CC[C@]3(C)[C@H]1CC2. The fourth-order valence-electron chi connectivity index (χ4n) is 6.50. The van der Waals surface area contributed by atoms with Gasteiger partial charge in [-0.3, -0.25) is 4.79 Å². The van der Waals surface area contributed by atoms with E-state index < -0.39 is 0 Å². The standard InChI is InChI=1S/C19H28O/c1-18-9-5-7-14(18)17-15(8-11-18)19(2)10-4-3-6-13(19)12-16(17)20/h3-4,13-15,17H,5-12H2,1-2H3/t13-,14-,15+,17+,18-,19+/m1/s1. The minimum atomic E-state index is 0.406. The third-order valence-electron chi connectivity index (χ3n) is 7.80. The molecule has 20 heavy (non-hydrogen) atoms. The molecule has 0 N–H and O–H groups in total. The molecule has 0 saturated heterocycles. The highest BCUT2D eigenvalue weighted by atomic mass is 16.1. The lowest BCUT2D eigenvalue weighted by Crippen LogP contribution is -2.55. The van der Waals surface area contributed by atoms with Gasteiger partial charge in [0.05, 0.1) is 0 Å². The second kappa shape index (κ2) is 4.21. The molecule has 0 aromatic rings. The summed E-state index contributed by atoms with van der Waals surface area (Å²) in [4.78, 5) is 12.9. The maximum atomic E-state index is 12.9. The van der Waals surface area contributed by atoms with Crippen LogP contribution in [0.1, 0.15) is 65.2 Å². The Morgan fingerprint density at radius 3 is 2.80 bits per heavy atom. The van der Waals surface area contributed by atoms with Gasteiger partial charge in [-0.1, -0.05) is 32.4 Å². The van der Waals surface area contributed by atoms with Crippen molar-refractivity contribution in [2.24, 2.45) is 34.5 Å². The quantitative estimate of drug-likeness (QED) is 0.581. The fraction of sp³-hybridized carbons (Fsp3) is 0.842. The van der Waals surface area contributed by atoms with E-state index in [1.54, 1.807) is 0 Å². The number of carbonyl (C=O) groups is 1. The van der Waals surface area contributed by atoms with Crippen LogP contribution in [-0.2, 0) is 4.79 Å². The summed E-state index contributed by atoms with van der Waals surface area (Å²) in [7, 11) is 0. The van der Waals surface area contributed by atoms with Crippen LogP contribution in [0, 0.1) is 34.5 Å². The molecule has 4 aliphatic rings. The molecule has 0 spiro atoms. The van der Waals surface area contributed by atoms with Gasteiger partial charge in [-0.25, -0.2) is 0 Å². The fourth-order valence-corrected chi connectivity index (χ4v) is 6.50. The number of rotatable bonds is 0. The van der Waals surface area contributed by atoms with Gasteiger partial charge in [0.2, 0.25) is 0 Å². The molecule has 0 amide bonds. The van der Waals surface area contributed by atoms with E-state index >= 15 is 0 Å². The summed E-state index contributed by atoms with van der Waals surface area (Å²) in [5.74, 6) is 3.05. The number of carbonyl (C=O) groups excluding carboxylic acids is 1. The van der Waals surface area contributed by atoms with E-state index in [0.717, 1.165) is 12.8 Å². The highest BCUT2D eigenvalue weighted by Crippen LogP contribution is 2.64. The van der Waals surface area contributed by atoms with Crippen LogP contribution in [-0.4, -0.2) is 5.78 Å². The molecule has 0 aromatic carbocycles. The maximum Gasteiger partial charge on any atom is 0.136 e. The predicted molar refractivity (Wildman–Crippen MR) is 81.3 cm³/mol. The van der Waals surface area contributed by atoms with Crippen LogP contribution >= 0.6 is 0 Å². The smallest absolute Gasteiger partial charge is 0.136 e. The summed E-state index contributed by atoms with van der Waals surface area (Å²) in [6, 6.07) is 0. The van der Waals surface area contributed by atoms with Gasteiger partial charge in [-0.2, -0.15) is 0 Å². The zero-order valence-corrected chi connectivity index (χ0v) is 13.0. The van der Waals surface area contributed by atoms with Gasteiger partial charge in [-0.15, -0.1) is 0 Å². The number of allylic oxidation sites excluding steroid dienone is 2. The highest BCUT2D eigenvalue weighted by molar-refractivity contribution is 5.83. The summed E-state index contributed by atoms with van der Waals surface area (Å²) < 4.78 is 0.